The van der Waals surface area contributed by atoms with Gasteiger partial charge in [0.25, 0.3) is 0 Å². The fourth-order valence-corrected chi connectivity index (χ4v) is 20.6. The third-order valence-corrected chi connectivity index (χ3v) is 22.2. The second-order valence-corrected chi connectivity index (χ2v) is 25.6. The van der Waals surface area contributed by atoms with Crippen LogP contribution in [-0.2, 0) is 10.2 Å². The summed E-state index contributed by atoms with van der Waals surface area (Å²) in [6, 6.07) is 6.67. The van der Waals surface area contributed by atoms with Crippen LogP contribution in [0.5, 0.6) is 5.75 Å². The van der Waals surface area contributed by atoms with E-state index in [4.69, 9.17) is 4.43 Å². The third kappa shape index (κ3) is 9.24. The number of rotatable bonds is 15. The summed E-state index contributed by atoms with van der Waals surface area (Å²) in [5, 5.41) is 3.25. The van der Waals surface area contributed by atoms with Gasteiger partial charge < -0.3 is 0 Å². The molecule has 0 aromatic heterocycles. The zero-order chi connectivity index (χ0) is 24.2. The van der Waals surface area contributed by atoms with Crippen molar-refractivity contribution in [2.45, 2.75) is 112 Å². The van der Waals surface area contributed by atoms with Crippen LogP contribution >= 0.6 is 0 Å². The van der Waals surface area contributed by atoms with Crippen molar-refractivity contribution in [3.8, 4) is 5.75 Å². The molecule has 3 nitrogen and oxygen atoms in total. The van der Waals surface area contributed by atoms with Gasteiger partial charge in [-0.15, -0.1) is 0 Å². The molecule has 32 heavy (non-hydrogen) atoms. The first-order valence-corrected chi connectivity index (χ1v) is 22.6. The fourth-order valence-electron chi connectivity index (χ4n) is 4.32. The molecule has 0 aliphatic rings. The monoisotopic (exact) mass is 566 g/mol. The molecule has 0 atom stereocenters. The summed E-state index contributed by atoms with van der Waals surface area (Å²) in [5.74, 6) is 0.975. The molecule has 0 heterocycles. The number of benzene rings is 1. The Morgan fingerprint density at radius 2 is 1.53 bits per heavy atom. The first-order chi connectivity index (χ1) is 15.1. The van der Waals surface area contributed by atoms with Gasteiger partial charge in [-0.05, 0) is 0 Å². The Bertz CT molecular complexity index is 703. The maximum absolute atomic E-state index is 11.8. The standard InChI is InChI=1S/C15H21NO2Si.3C4H9.Sn/c1-15(2,3)13-7-6-12(8-9-16-11-17)14(10-13)18-19(4)5;3*1-3-4-2;/h6-8,10-11H,1-5H3,(H,16,17);3*1,3-4H2,2H3;. The minimum atomic E-state index is -2.78. The number of carbonyl (C=O) groups is 1. The Labute approximate surface area is 204 Å². The number of hydrogen-bond donors (Lipinski definition) is 1. The van der Waals surface area contributed by atoms with Crippen molar-refractivity contribution in [1.29, 1.82) is 0 Å². The molecular weight excluding hydrogens is 517 g/mol. The normalized spacial score (nSPS) is 12.8. The van der Waals surface area contributed by atoms with E-state index < -0.39 is 27.4 Å². The van der Waals surface area contributed by atoms with E-state index in [0.717, 1.165) is 17.7 Å². The molecule has 1 N–H and O–H groups in total. The summed E-state index contributed by atoms with van der Waals surface area (Å²) in [6.07, 6.45) is 10.7. The van der Waals surface area contributed by atoms with Crippen LogP contribution in [0.1, 0.15) is 91.2 Å². The summed E-state index contributed by atoms with van der Waals surface area (Å²) in [5.41, 5.74) is 2.49. The summed E-state index contributed by atoms with van der Waals surface area (Å²) < 4.78 is 11.6. The number of unbranched alkanes of at least 4 members (excludes halogenated alkanes) is 3. The van der Waals surface area contributed by atoms with E-state index >= 15 is 0 Å². The van der Waals surface area contributed by atoms with Crippen molar-refractivity contribution in [3.63, 3.8) is 0 Å². The van der Waals surface area contributed by atoms with Crippen molar-refractivity contribution >= 4 is 39.9 Å². The Kier molecular flexibility index (Phi) is 13.3. The molecule has 1 aromatic rings. The van der Waals surface area contributed by atoms with E-state index in [1.54, 1.807) is 0 Å². The van der Waals surface area contributed by atoms with Gasteiger partial charge in [-0.2, -0.15) is 0 Å². The topological polar surface area (TPSA) is 38.3 Å². The van der Waals surface area contributed by atoms with Crippen LogP contribution in [-0.4, -0.2) is 33.8 Å². The van der Waals surface area contributed by atoms with Crippen LogP contribution in [0.2, 0.25) is 26.4 Å². The Morgan fingerprint density at radius 3 is 1.94 bits per heavy atom. The summed E-state index contributed by atoms with van der Waals surface area (Å²) in [6.45, 7) is 18.0. The van der Waals surface area contributed by atoms with Crippen LogP contribution in [0.3, 0.4) is 0 Å². The van der Waals surface area contributed by atoms with Gasteiger partial charge in [0.2, 0.25) is 0 Å². The molecule has 1 rings (SSSR count). The van der Waals surface area contributed by atoms with Crippen molar-refractivity contribution < 1.29 is 9.22 Å². The van der Waals surface area contributed by atoms with Crippen LogP contribution < -0.4 is 9.74 Å². The van der Waals surface area contributed by atoms with Gasteiger partial charge in [-0.3, -0.25) is 0 Å². The Balaban J connectivity index is 3.63. The first-order valence-electron chi connectivity index (χ1n) is 12.7. The molecule has 0 spiro atoms. The first kappa shape index (κ1) is 29.3. The average Bonchev–Trinajstić information content (AvgIpc) is 2.73. The molecule has 1 amide bonds. The second kappa shape index (κ2) is 14.5. The molecule has 1 radical (unpaired) electrons. The number of hydrogen-bond acceptors (Lipinski definition) is 2. The van der Waals surface area contributed by atoms with Gasteiger partial charge in [0, 0.05) is 0 Å². The van der Waals surface area contributed by atoms with Crippen LogP contribution in [0, 0.1) is 0 Å². The summed E-state index contributed by atoms with van der Waals surface area (Å²) in [4.78, 5) is 11.8. The van der Waals surface area contributed by atoms with Gasteiger partial charge in [-0.25, -0.2) is 0 Å². The van der Waals surface area contributed by atoms with E-state index in [0.29, 0.717) is 0 Å². The van der Waals surface area contributed by atoms with E-state index in [1.807, 2.05) is 0 Å². The average molecular weight is 565 g/mol. The zero-order valence-electron chi connectivity index (χ0n) is 22.1. The van der Waals surface area contributed by atoms with Crippen molar-refractivity contribution in [1.82, 2.24) is 5.32 Å². The third-order valence-electron chi connectivity index (χ3n) is 6.31. The number of amides is 1. The molecule has 0 unspecified atom stereocenters. The van der Waals surface area contributed by atoms with Crippen molar-refractivity contribution in [2.24, 2.45) is 0 Å². The van der Waals surface area contributed by atoms with E-state index in [-0.39, 0.29) is 5.41 Å². The summed E-state index contributed by atoms with van der Waals surface area (Å²) >= 11 is -2.78. The van der Waals surface area contributed by atoms with Gasteiger partial charge >= 0.3 is 205 Å². The molecular formula is C27H48NO2SiSn. The quantitative estimate of drug-likeness (QED) is 0.173. The van der Waals surface area contributed by atoms with Gasteiger partial charge in [0.05, 0.1) is 0 Å². The number of carbonyl (C=O) groups excluding carboxylic acids is 1. The molecule has 5 heteroatoms. The van der Waals surface area contributed by atoms with E-state index in [9.17, 15) is 4.79 Å². The second-order valence-electron chi connectivity index (χ2n) is 10.4. The van der Waals surface area contributed by atoms with Crippen molar-refractivity contribution in [3.05, 3.63) is 33.0 Å². The van der Waals surface area contributed by atoms with Gasteiger partial charge in [-0.1, -0.05) is 0 Å². The van der Waals surface area contributed by atoms with Crippen LogP contribution in [0.25, 0.3) is 6.08 Å². The predicted octanol–water partition coefficient (Wildman–Crippen LogP) is 8.09. The van der Waals surface area contributed by atoms with Gasteiger partial charge in [0.15, 0.2) is 0 Å². The molecule has 0 fully saturated rings. The summed E-state index contributed by atoms with van der Waals surface area (Å²) in [7, 11) is -0.896. The molecule has 181 valence electrons. The number of nitrogens with one attached hydrogen (secondary N) is 1. The van der Waals surface area contributed by atoms with Gasteiger partial charge in [0.1, 0.15) is 0 Å². The van der Waals surface area contributed by atoms with Crippen LogP contribution in [0.15, 0.2) is 21.9 Å². The van der Waals surface area contributed by atoms with Crippen molar-refractivity contribution in [2.75, 3.05) is 0 Å². The molecule has 0 bridgehead atoms. The van der Waals surface area contributed by atoms with E-state index in [1.165, 1.54) is 61.1 Å². The molecule has 0 aliphatic carbocycles. The SMILES string of the molecule is CCC[CH2][Sn]([CH2]CCC)([CH2]CCC)[C](=Cc1ccc(C(C)(C)C)cc1O[Si](C)C)NC=O. The van der Waals surface area contributed by atoms with E-state index in [2.05, 4.69) is 84.2 Å². The molecule has 0 saturated heterocycles. The minimum absolute atomic E-state index is 0.0744. The Hall–Kier alpha value is -0.754. The zero-order valence-corrected chi connectivity index (χ0v) is 25.9. The Morgan fingerprint density at radius 1 is 1.00 bits per heavy atom. The maximum atomic E-state index is 11.8. The molecule has 0 aliphatic heterocycles. The fraction of sp³-hybridized carbons (Fsp3) is 0.667. The molecule has 1 aromatic carbocycles. The van der Waals surface area contributed by atoms with Crippen LogP contribution in [0.4, 0.5) is 0 Å². The predicted molar refractivity (Wildman–Crippen MR) is 145 cm³/mol. The molecule has 0 saturated carbocycles.